The summed E-state index contributed by atoms with van der Waals surface area (Å²) < 4.78 is 28.4. The Kier molecular flexibility index (Phi) is 4.99. The van der Waals surface area contributed by atoms with E-state index in [9.17, 15) is 18.0 Å². The smallest absolute Gasteiger partial charge is 0.285 e. The third kappa shape index (κ3) is 3.57. The first-order valence-electron chi connectivity index (χ1n) is 8.57. The van der Waals surface area contributed by atoms with Crippen LogP contribution in [0.5, 0.6) is 0 Å². The topological polar surface area (TPSA) is 108 Å². The average molecular weight is 378 g/mol. The highest BCUT2D eigenvalue weighted by Gasteiger charge is 2.39. The maximum atomic E-state index is 12.5. The van der Waals surface area contributed by atoms with E-state index in [1.807, 2.05) is 13.8 Å². The van der Waals surface area contributed by atoms with Gasteiger partial charge in [-0.25, -0.2) is 0 Å². The molecule has 2 amide bonds. The van der Waals surface area contributed by atoms with Gasteiger partial charge in [0.1, 0.15) is 10.9 Å². The molecule has 1 saturated heterocycles. The van der Waals surface area contributed by atoms with Crippen LogP contribution in [0.4, 0.5) is 0 Å². The van der Waals surface area contributed by atoms with Crippen LogP contribution >= 0.6 is 0 Å². The molecule has 0 radical (unpaired) electrons. The lowest BCUT2D eigenvalue weighted by Gasteiger charge is -2.25. The summed E-state index contributed by atoms with van der Waals surface area (Å²) in [4.78, 5) is 26.1. The van der Waals surface area contributed by atoms with Gasteiger partial charge in [0.25, 0.3) is 10.0 Å². The fourth-order valence-corrected chi connectivity index (χ4v) is 4.46. The zero-order chi connectivity index (χ0) is 18.9. The van der Waals surface area contributed by atoms with Gasteiger partial charge < -0.3 is 15.5 Å². The van der Waals surface area contributed by atoms with Gasteiger partial charge in [0, 0.05) is 18.2 Å². The first kappa shape index (κ1) is 18.4. The quantitative estimate of drug-likeness (QED) is 0.780. The Morgan fingerprint density at radius 1 is 1.31 bits per heavy atom. The number of fused-ring (bicyclic) bond motifs is 1. The predicted molar refractivity (Wildman–Crippen MR) is 96.2 cm³/mol. The zero-order valence-corrected chi connectivity index (χ0v) is 15.5. The van der Waals surface area contributed by atoms with Gasteiger partial charge in [-0.2, -0.15) is 8.42 Å². The molecule has 1 aromatic carbocycles. The molecule has 2 heterocycles. The number of nitrogens with zero attached hydrogens (tertiary/aromatic N) is 2. The van der Waals surface area contributed by atoms with Crippen molar-refractivity contribution >= 4 is 27.7 Å². The molecule has 2 N–H and O–H groups in total. The predicted octanol–water partition coefficient (Wildman–Crippen LogP) is 0.241. The fourth-order valence-electron chi connectivity index (χ4n) is 3.25. The van der Waals surface area contributed by atoms with Gasteiger partial charge in [-0.1, -0.05) is 12.1 Å². The standard InChI is InChI=1S/C17H22N4O4S/c1-11(2)19-15(22)10-18-17(23)13-7-5-9-21(13)16-12-6-3-4-8-14(12)26(24,25)20-16/h3-4,6,8,11,13H,5,7,9-10H2,1-2H3,(H,18,23)(H,19,22)/t13-/m0/s1. The maximum absolute atomic E-state index is 12.5. The lowest BCUT2D eigenvalue weighted by Crippen LogP contribution is -2.48. The summed E-state index contributed by atoms with van der Waals surface area (Å²) in [7, 11) is -3.73. The van der Waals surface area contributed by atoms with Crippen molar-refractivity contribution in [3.8, 4) is 0 Å². The molecular formula is C17H22N4O4S. The largest absolute Gasteiger partial charge is 0.352 e. The van der Waals surface area contributed by atoms with E-state index in [-0.39, 0.29) is 29.3 Å². The van der Waals surface area contributed by atoms with Crippen LogP contribution in [0.3, 0.4) is 0 Å². The molecule has 1 atom stereocenters. The molecule has 0 bridgehead atoms. The first-order valence-corrected chi connectivity index (χ1v) is 10.0. The molecular weight excluding hydrogens is 356 g/mol. The van der Waals surface area contributed by atoms with Gasteiger partial charge in [-0.15, -0.1) is 4.40 Å². The SMILES string of the molecule is CC(C)NC(=O)CNC(=O)[C@@H]1CCCN1C1=NS(=O)(=O)c2ccccc21. The number of carbonyl (C=O) groups excluding carboxylic acids is 2. The van der Waals surface area contributed by atoms with Crippen LogP contribution < -0.4 is 10.6 Å². The van der Waals surface area contributed by atoms with Gasteiger partial charge in [0.05, 0.1) is 6.54 Å². The number of carbonyl (C=O) groups is 2. The Bertz CT molecular complexity index is 863. The number of amides is 2. The molecule has 0 spiro atoms. The van der Waals surface area contributed by atoms with Gasteiger partial charge in [-0.3, -0.25) is 9.59 Å². The minimum atomic E-state index is -3.73. The minimum absolute atomic E-state index is 0.00284. The van der Waals surface area contributed by atoms with Crippen LogP contribution in [-0.2, 0) is 19.6 Å². The summed E-state index contributed by atoms with van der Waals surface area (Å²) in [6.45, 7) is 4.12. The van der Waals surface area contributed by atoms with Crippen LogP contribution in [0.2, 0.25) is 0 Å². The van der Waals surface area contributed by atoms with Gasteiger partial charge in [0.2, 0.25) is 11.8 Å². The molecule has 1 aromatic rings. The second kappa shape index (κ2) is 7.06. The van der Waals surface area contributed by atoms with Crippen LogP contribution in [0, 0.1) is 0 Å². The summed E-state index contributed by atoms with van der Waals surface area (Å²) in [5.41, 5.74) is 0.518. The summed E-state index contributed by atoms with van der Waals surface area (Å²) in [6, 6.07) is 6.07. The second-order valence-corrected chi connectivity index (χ2v) is 8.25. The van der Waals surface area contributed by atoms with Crippen LogP contribution in [0.1, 0.15) is 32.3 Å². The van der Waals surface area contributed by atoms with Crippen LogP contribution in [0.15, 0.2) is 33.6 Å². The number of rotatable bonds is 4. The van der Waals surface area contributed by atoms with E-state index in [1.165, 1.54) is 6.07 Å². The molecule has 0 aliphatic carbocycles. The van der Waals surface area contributed by atoms with E-state index < -0.39 is 16.1 Å². The Labute approximate surface area is 152 Å². The number of amidine groups is 1. The van der Waals surface area contributed by atoms with E-state index in [1.54, 1.807) is 23.1 Å². The van der Waals surface area contributed by atoms with Crippen molar-refractivity contribution in [2.45, 2.75) is 43.7 Å². The molecule has 140 valence electrons. The van der Waals surface area contributed by atoms with Crippen molar-refractivity contribution < 1.29 is 18.0 Å². The van der Waals surface area contributed by atoms with E-state index in [4.69, 9.17) is 0 Å². The van der Waals surface area contributed by atoms with Crippen molar-refractivity contribution in [1.82, 2.24) is 15.5 Å². The molecule has 2 aliphatic rings. The molecule has 26 heavy (non-hydrogen) atoms. The highest BCUT2D eigenvalue weighted by Crippen LogP contribution is 2.31. The third-order valence-corrected chi connectivity index (χ3v) is 5.64. The van der Waals surface area contributed by atoms with E-state index in [2.05, 4.69) is 15.0 Å². The van der Waals surface area contributed by atoms with Crippen molar-refractivity contribution in [2.75, 3.05) is 13.1 Å². The van der Waals surface area contributed by atoms with E-state index in [0.29, 0.717) is 24.4 Å². The Hall–Kier alpha value is -2.42. The molecule has 9 heteroatoms. The number of likely N-dealkylation sites (tertiary alicyclic amines) is 1. The number of hydrogen-bond donors (Lipinski definition) is 2. The average Bonchev–Trinajstić information content (AvgIpc) is 3.15. The lowest BCUT2D eigenvalue weighted by molar-refractivity contribution is -0.128. The monoisotopic (exact) mass is 378 g/mol. The van der Waals surface area contributed by atoms with Crippen LogP contribution in [0.25, 0.3) is 0 Å². The normalized spacial score (nSPS) is 20.7. The van der Waals surface area contributed by atoms with Crippen molar-refractivity contribution in [1.29, 1.82) is 0 Å². The molecule has 0 unspecified atom stereocenters. The summed E-state index contributed by atoms with van der Waals surface area (Å²) in [6.07, 6.45) is 1.33. The van der Waals surface area contributed by atoms with Gasteiger partial charge in [-0.05, 0) is 38.8 Å². The number of nitrogens with one attached hydrogen (secondary N) is 2. The Balaban J connectivity index is 1.75. The first-order chi connectivity index (χ1) is 12.3. The Morgan fingerprint density at radius 2 is 2.04 bits per heavy atom. The number of benzene rings is 1. The number of sulfonamides is 1. The second-order valence-electron chi connectivity index (χ2n) is 6.68. The van der Waals surface area contributed by atoms with Crippen molar-refractivity contribution in [3.05, 3.63) is 29.8 Å². The molecule has 8 nitrogen and oxygen atoms in total. The fraction of sp³-hybridized carbons (Fsp3) is 0.471. The molecule has 2 aliphatic heterocycles. The summed E-state index contributed by atoms with van der Waals surface area (Å²) >= 11 is 0. The molecule has 1 fully saturated rings. The molecule has 3 rings (SSSR count). The lowest BCUT2D eigenvalue weighted by atomic mass is 10.1. The van der Waals surface area contributed by atoms with E-state index >= 15 is 0 Å². The van der Waals surface area contributed by atoms with Gasteiger partial charge in [0.15, 0.2) is 5.84 Å². The molecule has 0 aromatic heterocycles. The highest BCUT2D eigenvalue weighted by molar-refractivity contribution is 7.90. The summed E-state index contributed by atoms with van der Waals surface area (Å²) in [5, 5.41) is 5.34. The Morgan fingerprint density at radius 3 is 2.77 bits per heavy atom. The zero-order valence-electron chi connectivity index (χ0n) is 14.7. The molecule has 0 saturated carbocycles. The van der Waals surface area contributed by atoms with E-state index in [0.717, 1.165) is 6.42 Å². The third-order valence-electron chi connectivity index (χ3n) is 4.31. The van der Waals surface area contributed by atoms with Crippen molar-refractivity contribution in [2.24, 2.45) is 4.40 Å². The number of hydrogen-bond acceptors (Lipinski definition) is 5. The van der Waals surface area contributed by atoms with Crippen molar-refractivity contribution in [3.63, 3.8) is 0 Å². The minimum Gasteiger partial charge on any atom is -0.352 e. The summed E-state index contributed by atoms with van der Waals surface area (Å²) in [5.74, 6) is -0.250. The maximum Gasteiger partial charge on any atom is 0.285 e. The highest BCUT2D eigenvalue weighted by atomic mass is 32.2. The van der Waals surface area contributed by atoms with Crippen LogP contribution in [-0.4, -0.2) is 56.1 Å². The van der Waals surface area contributed by atoms with Gasteiger partial charge >= 0.3 is 0 Å².